The van der Waals surface area contributed by atoms with Gasteiger partial charge >= 0.3 is 0 Å². The highest BCUT2D eigenvalue weighted by molar-refractivity contribution is 6.25. The lowest BCUT2D eigenvalue weighted by atomic mass is 9.81. The second kappa shape index (κ2) is 7.38. The van der Waals surface area contributed by atoms with Crippen LogP contribution in [0.1, 0.15) is 39.0 Å². The monoisotopic (exact) mass is 442 g/mol. The minimum Gasteiger partial charge on any atom is -0.396 e. The zero-order valence-corrected chi connectivity index (χ0v) is 19.1. The van der Waals surface area contributed by atoms with Crippen molar-refractivity contribution in [3.8, 4) is 0 Å². The van der Waals surface area contributed by atoms with Crippen molar-refractivity contribution in [3.63, 3.8) is 0 Å². The van der Waals surface area contributed by atoms with Crippen molar-refractivity contribution < 1.29 is 19.4 Å². The first-order valence-corrected chi connectivity index (χ1v) is 12.3. The highest BCUT2D eigenvalue weighted by Crippen LogP contribution is 2.55. The van der Waals surface area contributed by atoms with Crippen LogP contribution in [-0.4, -0.2) is 102 Å². The van der Waals surface area contributed by atoms with E-state index in [1.165, 1.54) is 32.4 Å². The lowest BCUT2D eigenvalue weighted by Gasteiger charge is -2.42. The molecule has 0 saturated carbocycles. The number of rotatable bonds is 4. The summed E-state index contributed by atoms with van der Waals surface area (Å²) in [6.07, 6.45) is 5.94. The summed E-state index contributed by atoms with van der Waals surface area (Å²) in [6.45, 7) is 6.18. The fourth-order valence-electron chi connectivity index (χ4n) is 7.25. The van der Waals surface area contributed by atoms with Crippen molar-refractivity contribution in [2.75, 3.05) is 46.4 Å². The third-order valence-electron chi connectivity index (χ3n) is 8.87. The van der Waals surface area contributed by atoms with Crippen LogP contribution in [0.3, 0.4) is 0 Å². The molecule has 6 rings (SSSR count). The molecule has 4 unspecified atom stereocenters. The Labute approximate surface area is 189 Å². The lowest BCUT2D eigenvalue weighted by Crippen LogP contribution is -2.54. The molecule has 0 bridgehead atoms. The van der Waals surface area contributed by atoms with Crippen molar-refractivity contribution in [2.45, 2.75) is 62.9 Å². The number of carbonyl (C=O) groups excluding carboxylic acids is 2. The summed E-state index contributed by atoms with van der Waals surface area (Å²) in [5.41, 5.74) is 1.19. The number of aliphatic hydroxyl groups excluding tert-OH is 1. The molecule has 174 valence electrons. The molecule has 1 aliphatic carbocycles. The normalized spacial score (nSPS) is 37.9. The molecule has 6 aliphatic rings. The number of fused-ring (bicyclic) bond motifs is 4. The first kappa shape index (κ1) is 20.8. The Bertz CT molecular complexity index is 915. The van der Waals surface area contributed by atoms with E-state index in [-0.39, 0.29) is 30.3 Å². The summed E-state index contributed by atoms with van der Waals surface area (Å²) < 4.78 is 5.99. The number of nitrogens with zero attached hydrogens (tertiary/aromatic N) is 3. The number of aliphatic hydroxyl groups is 1. The number of likely N-dealkylation sites (tertiary alicyclic amines) is 2. The fraction of sp³-hybridized carbons (Fsp3) is 0.750. The van der Waals surface area contributed by atoms with Gasteiger partial charge in [0.15, 0.2) is 5.72 Å². The number of hydrogen-bond donors (Lipinski definition) is 2. The van der Waals surface area contributed by atoms with E-state index in [0.29, 0.717) is 35.1 Å². The number of carbonyl (C=O) groups is 2. The van der Waals surface area contributed by atoms with E-state index in [1.807, 2.05) is 4.90 Å². The first-order valence-electron chi connectivity index (χ1n) is 12.3. The Morgan fingerprint density at radius 2 is 1.78 bits per heavy atom. The Balaban J connectivity index is 1.27. The highest BCUT2D eigenvalue weighted by Gasteiger charge is 2.72. The largest absolute Gasteiger partial charge is 0.396 e. The van der Waals surface area contributed by atoms with E-state index in [9.17, 15) is 14.7 Å². The molecule has 0 aromatic carbocycles. The van der Waals surface area contributed by atoms with Gasteiger partial charge in [0.25, 0.3) is 0 Å². The van der Waals surface area contributed by atoms with Gasteiger partial charge in [0.05, 0.1) is 30.0 Å². The molecule has 8 heteroatoms. The minimum atomic E-state index is -0.841. The predicted octanol–water partition coefficient (Wildman–Crippen LogP) is 0.237. The van der Waals surface area contributed by atoms with Gasteiger partial charge in [-0.15, -0.1) is 0 Å². The SMILES string of the molecule is COC12C(CO)C3=C(C(=O)C(C)=C(N4CCC(N5CCCCC5)CC4)C3=O)N1CC1NC12. The van der Waals surface area contributed by atoms with E-state index in [0.717, 1.165) is 25.9 Å². The van der Waals surface area contributed by atoms with Crippen molar-refractivity contribution in [3.05, 3.63) is 22.5 Å². The molecule has 4 fully saturated rings. The number of ketones is 2. The summed E-state index contributed by atoms with van der Waals surface area (Å²) in [6, 6.07) is 0.869. The van der Waals surface area contributed by atoms with Crippen molar-refractivity contribution in [1.82, 2.24) is 20.0 Å². The van der Waals surface area contributed by atoms with Gasteiger partial charge in [-0.25, -0.2) is 0 Å². The quantitative estimate of drug-likeness (QED) is 0.472. The summed E-state index contributed by atoms with van der Waals surface area (Å²) in [4.78, 5) is 34.2. The van der Waals surface area contributed by atoms with Gasteiger partial charge in [0.2, 0.25) is 11.6 Å². The van der Waals surface area contributed by atoms with E-state index >= 15 is 0 Å². The summed E-state index contributed by atoms with van der Waals surface area (Å²) in [5.74, 6) is -0.681. The molecule has 4 saturated heterocycles. The molecular formula is C24H34N4O4. The van der Waals surface area contributed by atoms with Gasteiger partial charge in [-0.05, 0) is 45.7 Å². The summed E-state index contributed by atoms with van der Waals surface area (Å²) >= 11 is 0. The maximum Gasteiger partial charge on any atom is 0.208 e. The van der Waals surface area contributed by atoms with Crippen LogP contribution in [0.25, 0.3) is 0 Å². The maximum absolute atomic E-state index is 13.9. The maximum atomic E-state index is 13.9. The van der Waals surface area contributed by atoms with E-state index < -0.39 is 11.6 Å². The Morgan fingerprint density at radius 1 is 1.06 bits per heavy atom. The molecule has 0 radical (unpaired) electrons. The zero-order chi connectivity index (χ0) is 22.2. The number of piperazine rings is 1. The van der Waals surface area contributed by atoms with Crippen LogP contribution in [0, 0.1) is 5.92 Å². The predicted molar refractivity (Wildman–Crippen MR) is 117 cm³/mol. The van der Waals surface area contributed by atoms with Gasteiger partial charge in [-0.2, -0.15) is 0 Å². The molecule has 5 aliphatic heterocycles. The Kier molecular flexibility index (Phi) is 4.81. The van der Waals surface area contributed by atoms with Crippen LogP contribution >= 0.6 is 0 Å². The second-order valence-corrected chi connectivity index (χ2v) is 10.3. The molecule has 0 spiro atoms. The smallest absolute Gasteiger partial charge is 0.208 e. The van der Waals surface area contributed by atoms with Crippen molar-refractivity contribution >= 4 is 11.6 Å². The lowest BCUT2D eigenvalue weighted by molar-refractivity contribution is -0.137. The van der Waals surface area contributed by atoms with Gasteiger partial charge in [0, 0.05) is 50.0 Å². The number of ether oxygens (including phenoxy) is 1. The average Bonchev–Trinajstić information content (AvgIpc) is 3.44. The van der Waals surface area contributed by atoms with Crippen molar-refractivity contribution in [2.24, 2.45) is 5.92 Å². The van der Waals surface area contributed by atoms with E-state index in [2.05, 4.69) is 15.1 Å². The third-order valence-corrected chi connectivity index (χ3v) is 8.87. The van der Waals surface area contributed by atoms with Crippen LogP contribution in [0.2, 0.25) is 0 Å². The van der Waals surface area contributed by atoms with Gasteiger partial charge in [-0.1, -0.05) is 6.42 Å². The molecular weight excluding hydrogens is 408 g/mol. The van der Waals surface area contributed by atoms with Crippen LogP contribution < -0.4 is 5.32 Å². The van der Waals surface area contributed by atoms with Crippen molar-refractivity contribution in [1.29, 1.82) is 0 Å². The molecule has 0 aromatic rings. The molecule has 5 heterocycles. The molecule has 8 nitrogen and oxygen atoms in total. The standard InChI is InChI=1S/C24H34N4O4/c1-14-19(27-10-6-15(7-11-27)26-8-4-3-5-9-26)22(31)18-16(13-29)24(32-2)23-17(25-23)12-28(24)20(18)21(14)30/h15-17,23,25,29H,3-13H2,1-2H3. The molecule has 0 aromatic heterocycles. The average molecular weight is 443 g/mol. The van der Waals surface area contributed by atoms with E-state index in [4.69, 9.17) is 4.74 Å². The minimum absolute atomic E-state index is 0.0416. The van der Waals surface area contributed by atoms with Gasteiger partial charge in [-0.3, -0.25) is 9.59 Å². The number of methoxy groups -OCH3 is 1. The number of hydrogen-bond acceptors (Lipinski definition) is 8. The van der Waals surface area contributed by atoms with Crippen LogP contribution in [0.5, 0.6) is 0 Å². The molecule has 4 atom stereocenters. The Morgan fingerprint density at radius 3 is 2.44 bits per heavy atom. The fourth-order valence-corrected chi connectivity index (χ4v) is 7.25. The van der Waals surface area contributed by atoms with Gasteiger partial charge in [0.1, 0.15) is 0 Å². The molecule has 2 N–H and O–H groups in total. The van der Waals surface area contributed by atoms with E-state index in [1.54, 1.807) is 14.0 Å². The topological polar surface area (TPSA) is 95.3 Å². The number of Topliss-reactive ketones (excluding diaryl/α,β-unsaturated/α-hetero) is 2. The highest BCUT2D eigenvalue weighted by atomic mass is 16.5. The molecule has 32 heavy (non-hydrogen) atoms. The summed E-state index contributed by atoms with van der Waals surface area (Å²) in [7, 11) is 1.62. The zero-order valence-electron chi connectivity index (χ0n) is 19.1. The third kappa shape index (κ3) is 2.64. The van der Waals surface area contributed by atoms with Gasteiger partial charge < -0.3 is 29.9 Å². The first-order chi connectivity index (χ1) is 15.5. The second-order valence-electron chi connectivity index (χ2n) is 10.3. The Hall–Kier alpha value is -1.74. The van der Waals surface area contributed by atoms with Crippen LogP contribution in [-0.2, 0) is 14.3 Å². The molecule has 0 amide bonds. The number of allylic oxidation sites excluding steroid dienone is 2. The summed E-state index contributed by atoms with van der Waals surface area (Å²) in [5, 5.41) is 13.8. The van der Waals surface area contributed by atoms with Crippen LogP contribution in [0.4, 0.5) is 0 Å². The number of piperidine rings is 2. The van der Waals surface area contributed by atoms with Crippen LogP contribution in [0.15, 0.2) is 22.5 Å². The number of nitrogens with one attached hydrogen (secondary N) is 1.